The first-order valence-electron chi connectivity index (χ1n) is 11.2. The number of hydrogen-bond donors (Lipinski definition) is 0. The van der Waals surface area contributed by atoms with Crippen LogP contribution in [-0.4, -0.2) is 33.5 Å². The summed E-state index contributed by atoms with van der Waals surface area (Å²) in [6, 6.07) is 22.4. The van der Waals surface area contributed by atoms with Gasteiger partial charge in [0.25, 0.3) is 0 Å². The molecule has 168 valence electrons. The van der Waals surface area contributed by atoms with E-state index < -0.39 is 0 Å². The Hall–Kier alpha value is -3.67. The number of aryl methyl sites for hydroxylation is 1. The zero-order valence-electron chi connectivity index (χ0n) is 18.6. The molecular formula is C27H26FN3O2. The van der Waals surface area contributed by atoms with E-state index in [0.29, 0.717) is 32.7 Å². The van der Waals surface area contributed by atoms with Crippen LogP contribution < -0.4 is 4.74 Å². The van der Waals surface area contributed by atoms with E-state index in [-0.39, 0.29) is 17.6 Å². The van der Waals surface area contributed by atoms with E-state index in [1.54, 1.807) is 12.1 Å². The summed E-state index contributed by atoms with van der Waals surface area (Å²) in [6.07, 6.45) is 0.420. The van der Waals surface area contributed by atoms with Gasteiger partial charge in [-0.2, -0.15) is 0 Å². The number of benzene rings is 3. The van der Waals surface area contributed by atoms with Crippen molar-refractivity contribution in [2.45, 2.75) is 32.4 Å². The molecule has 6 heteroatoms. The van der Waals surface area contributed by atoms with Crippen molar-refractivity contribution in [2.75, 3.05) is 13.2 Å². The molecule has 5 nitrogen and oxygen atoms in total. The highest BCUT2D eigenvalue weighted by Crippen LogP contribution is 2.31. The Kier molecular flexibility index (Phi) is 5.82. The maximum absolute atomic E-state index is 13.2. The number of hydrogen-bond acceptors (Lipinski definition) is 3. The highest BCUT2D eigenvalue weighted by Gasteiger charge is 2.34. The van der Waals surface area contributed by atoms with Crippen LogP contribution in [0.15, 0.2) is 72.8 Å². The van der Waals surface area contributed by atoms with Crippen LogP contribution in [0.1, 0.15) is 29.3 Å². The van der Waals surface area contributed by atoms with Crippen molar-refractivity contribution >= 4 is 16.9 Å². The summed E-state index contributed by atoms with van der Waals surface area (Å²) in [6.45, 7) is 4.28. The Labute approximate surface area is 192 Å². The monoisotopic (exact) mass is 443 g/mol. The lowest BCUT2D eigenvalue weighted by Crippen LogP contribution is -2.24. The van der Waals surface area contributed by atoms with Crippen LogP contribution in [0.3, 0.4) is 0 Å². The van der Waals surface area contributed by atoms with Gasteiger partial charge in [-0.1, -0.05) is 42.0 Å². The molecule has 1 aliphatic rings. The highest BCUT2D eigenvalue weighted by atomic mass is 19.1. The van der Waals surface area contributed by atoms with Crippen LogP contribution in [0.25, 0.3) is 11.0 Å². The first kappa shape index (κ1) is 21.2. The molecule has 33 heavy (non-hydrogen) atoms. The summed E-state index contributed by atoms with van der Waals surface area (Å²) >= 11 is 0. The number of rotatable bonds is 7. The Morgan fingerprint density at radius 2 is 1.79 bits per heavy atom. The standard InChI is InChI=1S/C27H26FN3O2/c1-19-6-12-23(13-7-19)33-15-14-31-25-5-3-2-4-24(25)29-27(31)21-16-26(32)30(18-21)17-20-8-10-22(28)11-9-20/h2-13,21H,14-18H2,1H3/t21-/m1/s1. The first-order chi connectivity index (χ1) is 16.1. The minimum absolute atomic E-state index is 0.00437. The molecular weight excluding hydrogens is 417 g/mol. The summed E-state index contributed by atoms with van der Waals surface area (Å²) in [5.74, 6) is 1.58. The van der Waals surface area contributed by atoms with Crippen molar-refractivity contribution in [2.24, 2.45) is 0 Å². The Bertz CT molecular complexity index is 1270. The molecule has 1 amide bonds. The molecule has 4 aromatic rings. The SMILES string of the molecule is Cc1ccc(OCCn2c([C@@H]3CC(=O)N(Cc4ccc(F)cc4)C3)nc3ccccc32)cc1. The number of halogens is 1. The van der Waals surface area contributed by atoms with Gasteiger partial charge in [0.1, 0.15) is 24.0 Å². The summed E-state index contributed by atoms with van der Waals surface area (Å²) in [5, 5.41) is 0. The second kappa shape index (κ2) is 9.06. The largest absolute Gasteiger partial charge is 0.492 e. The van der Waals surface area contributed by atoms with Gasteiger partial charge in [-0.25, -0.2) is 9.37 Å². The number of carbonyl (C=O) groups is 1. The topological polar surface area (TPSA) is 47.4 Å². The molecule has 1 atom stereocenters. The maximum atomic E-state index is 13.2. The van der Waals surface area contributed by atoms with Gasteiger partial charge >= 0.3 is 0 Å². The third kappa shape index (κ3) is 4.60. The summed E-state index contributed by atoms with van der Waals surface area (Å²) in [4.78, 5) is 19.5. The minimum atomic E-state index is -0.272. The lowest BCUT2D eigenvalue weighted by Gasteiger charge is -2.17. The fourth-order valence-electron chi connectivity index (χ4n) is 4.44. The third-order valence-corrected chi connectivity index (χ3v) is 6.16. The number of imidazole rings is 1. The molecule has 3 aromatic carbocycles. The fourth-order valence-corrected chi connectivity index (χ4v) is 4.44. The quantitative estimate of drug-likeness (QED) is 0.400. The van der Waals surface area contributed by atoms with Gasteiger partial charge in [0.2, 0.25) is 5.91 Å². The van der Waals surface area contributed by atoms with Crippen LogP contribution >= 0.6 is 0 Å². The van der Waals surface area contributed by atoms with Gasteiger partial charge in [0.15, 0.2) is 0 Å². The van der Waals surface area contributed by atoms with E-state index in [1.165, 1.54) is 17.7 Å². The fraction of sp³-hybridized carbons (Fsp3) is 0.259. The number of aromatic nitrogens is 2. The third-order valence-electron chi connectivity index (χ3n) is 6.16. The molecule has 0 radical (unpaired) electrons. The van der Waals surface area contributed by atoms with E-state index in [9.17, 15) is 9.18 Å². The van der Waals surface area contributed by atoms with Gasteiger partial charge in [-0.15, -0.1) is 0 Å². The summed E-state index contributed by atoms with van der Waals surface area (Å²) in [7, 11) is 0. The average molecular weight is 444 g/mol. The van der Waals surface area contributed by atoms with E-state index in [2.05, 4.69) is 17.6 Å². The number of likely N-dealkylation sites (tertiary alicyclic amines) is 1. The van der Waals surface area contributed by atoms with Crippen molar-refractivity contribution in [3.05, 3.63) is 95.6 Å². The Balaban J connectivity index is 1.34. The van der Waals surface area contributed by atoms with Crippen molar-refractivity contribution in [3.63, 3.8) is 0 Å². The molecule has 2 heterocycles. The van der Waals surface area contributed by atoms with E-state index in [0.717, 1.165) is 28.2 Å². The number of carbonyl (C=O) groups excluding carboxylic acids is 1. The molecule has 1 saturated heterocycles. The predicted molar refractivity (Wildman–Crippen MR) is 126 cm³/mol. The van der Waals surface area contributed by atoms with Gasteiger partial charge in [0, 0.05) is 25.4 Å². The Morgan fingerprint density at radius 3 is 2.58 bits per heavy atom. The number of amides is 1. The lowest BCUT2D eigenvalue weighted by atomic mass is 10.1. The molecule has 0 N–H and O–H groups in total. The normalized spacial score (nSPS) is 16.0. The minimum Gasteiger partial charge on any atom is -0.492 e. The van der Waals surface area contributed by atoms with Crippen molar-refractivity contribution < 1.29 is 13.9 Å². The average Bonchev–Trinajstić information content (AvgIpc) is 3.37. The first-order valence-corrected chi connectivity index (χ1v) is 11.2. The molecule has 1 fully saturated rings. The van der Waals surface area contributed by atoms with E-state index in [4.69, 9.17) is 9.72 Å². The van der Waals surface area contributed by atoms with Crippen molar-refractivity contribution in [3.8, 4) is 5.75 Å². The lowest BCUT2D eigenvalue weighted by molar-refractivity contribution is -0.128. The summed E-state index contributed by atoms with van der Waals surface area (Å²) in [5.41, 5.74) is 4.09. The number of fused-ring (bicyclic) bond motifs is 1. The molecule has 1 aliphatic heterocycles. The second-order valence-electron chi connectivity index (χ2n) is 8.57. The van der Waals surface area contributed by atoms with Gasteiger partial charge in [0.05, 0.1) is 17.6 Å². The predicted octanol–water partition coefficient (Wildman–Crippen LogP) is 5.08. The number of nitrogens with zero attached hydrogens (tertiary/aromatic N) is 3. The zero-order chi connectivity index (χ0) is 22.8. The highest BCUT2D eigenvalue weighted by molar-refractivity contribution is 5.81. The maximum Gasteiger partial charge on any atom is 0.223 e. The molecule has 0 spiro atoms. The number of ether oxygens (including phenoxy) is 1. The molecule has 0 bridgehead atoms. The zero-order valence-corrected chi connectivity index (χ0v) is 18.6. The van der Waals surface area contributed by atoms with E-state index >= 15 is 0 Å². The van der Waals surface area contributed by atoms with E-state index in [1.807, 2.05) is 47.4 Å². The van der Waals surface area contributed by atoms with Crippen molar-refractivity contribution in [1.29, 1.82) is 0 Å². The van der Waals surface area contributed by atoms with Crippen LogP contribution in [0.5, 0.6) is 5.75 Å². The summed E-state index contributed by atoms with van der Waals surface area (Å²) < 4.78 is 21.4. The molecule has 1 aromatic heterocycles. The van der Waals surface area contributed by atoms with Gasteiger partial charge in [-0.05, 0) is 48.9 Å². The van der Waals surface area contributed by atoms with Gasteiger partial charge in [-0.3, -0.25) is 4.79 Å². The van der Waals surface area contributed by atoms with Crippen molar-refractivity contribution in [1.82, 2.24) is 14.5 Å². The second-order valence-corrected chi connectivity index (χ2v) is 8.57. The van der Waals surface area contributed by atoms with Crippen LogP contribution in [0, 0.1) is 12.7 Å². The molecule has 5 rings (SSSR count). The Morgan fingerprint density at radius 1 is 1.03 bits per heavy atom. The van der Waals surface area contributed by atoms with Crippen LogP contribution in [0.4, 0.5) is 4.39 Å². The van der Waals surface area contributed by atoms with Crippen LogP contribution in [-0.2, 0) is 17.9 Å². The number of para-hydroxylation sites is 2. The molecule has 0 aliphatic carbocycles. The molecule has 0 saturated carbocycles. The smallest absolute Gasteiger partial charge is 0.223 e. The van der Waals surface area contributed by atoms with Gasteiger partial charge < -0.3 is 14.2 Å². The molecule has 0 unspecified atom stereocenters. The van der Waals surface area contributed by atoms with Crippen LogP contribution in [0.2, 0.25) is 0 Å².